The van der Waals surface area contributed by atoms with Gasteiger partial charge in [0.2, 0.25) is 0 Å². The summed E-state index contributed by atoms with van der Waals surface area (Å²) in [4.78, 5) is 0. The van der Waals surface area contributed by atoms with Gasteiger partial charge >= 0.3 is 0 Å². The van der Waals surface area contributed by atoms with Gasteiger partial charge in [0.15, 0.2) is 6.29 Å². The van der Waals surface area contributed by atoms with Gasteiger partial charge in [0, 0.05) is 5.57 Å². The van der Waals surface area contributed by atoms with E-state index in [4.69, 9.17) is 4.74 Å². The zero-order valence-electron chi connectivity index (χ0n) is 7.50. The van der Waals surface area contributed by atoms with Crippen LogP contribution in [0.2, 0.25) is 0 Å². The fraction of sp³-hybridized carbons (Fsp3) is 0.600. The molecule has 0 bridgehead atoms. The maximum absolute atomic E-state index is 9.53. The minimum Gasteiger partial charge on any atom is -0.364 e. The Hall–Kier alpha value is -0.600. The number of aliphatic hydroxyl groups excluding tert-OH is 1. The quantitative estimate of drug-likeness (QED) is 0.594. The maximum atomic E-state index is 9.53. The van der Waals surface area contributed by atoms with Crippen molar-refractivity contribution in [2.75, 3.05) is 0 Å². The van der Waals surface area contributed by atoms with Gasteiger partial charge in [-0.1, -0.05) is 12.2 Å². The van der Waals surface area contributed by atoms with Crippen LogP contribution in [0.25, 0.3) is 0 Å². The van der Waals surface area contributed by atoms with Crippen LogP contribution in [-0.2, 0) is 4.74 Å². The van der Waals surface area contributed by atoms with Crippen molar-refractivity contribution in [3.05, 3.63) is 23.3 Å². The standard InChI is InChI=1S/C10H14O2/c1-10(2)8-6-4-3-5-7(8)9(11)12-10/h5-6,9,11H,3-4H2,1-2H3. The minimum absolute atomic E-state index is 0.300. The Morgan fingerprint density at radius 2 is 2.08 bits per heavy atom. The number of fused-ring (bicyclic) bond motifs is 1. The predicted molar refractivity (Wildman–Crippen MR) is 46.6 cm³/mol. The number of rotatable bonds is 0. The lowest BCUT2D eigenvalue weighted by molar-refractivity contribution is -0.106. The van der Waals surface area contributed by atoms with E-state index in [-0.39, 0.29) is 5.60 Å². The first-order valence-corrected chi connectivity index (χ1v) is 4.38. The highest BCUT2D eigenvalue weighted by molar-refractivity contribution is 5.44. The highest BCUT2D eigenvalue weighted by atomic mass is 16.6. The molecular weight excluding hydrogens is 152 g/mol. The molecular formula is C10H14O2. The molecule has 1 aliphatic heterocycles. The van der Waals surface area contributed by atoms with Crippen molar-refractivity contribution in [3.8, 4) is 0 Å². The van der Waals surface area contributed by atoms with Gasteiger partial charge in [-0.3, -0.25) is 0 Å². The van der Waals surface area contributed by atoms with Crippen LogP contribution in [0.1, 0.15) is 26.7 Å². The summed E-state index contributed by atoms with van der Waals surface area (Å²) in [7, 11) is 0. The molecule has 1 heterocycles. The average molecular weight is 166 g/mol. The van der Waals surface area contributed by atoms with E-state index in [0.29, 0.717) is 0 Å². The summed E-state index contributed by atoms with van der Waals surface area (Å²) in [5, 5.41) is 9.53. The third-order valence-corrected chi connectivity index (χ3v) is 2.51. The predicted octanol–water partition coefficient (Wildman–Crippen LogP) is 1.76. The fourth-order valence-electron chi connectivity index (χ4n) is 1.93. The smallest absolute Gasteiger partial charge is 0.182 e. The Morgan fingerprint density at radius 1 is 1.42 bits per heavy atom. The third-order valence-electron chi connectivity index (χ3n) is 2.51. The zero-order valence-corrected chi connectivity index (χ0v) is 7.50. The Kier molecular flexibility index (Phi) is 1.63. The Labute approximate surface area is 72.5 Å². The molecule has 1 saturated heterocycles. The molecule has 2 nitrogen and oxygen atoms in total. The summed E-state index contributed by atoms with van der Waals surface area (Å²) in [5.41, 5.74) is 1.85. The lowest BCUT2D eigenvalue weighted by atomic mass is 9.89. The Balaban J connectivity index is 2.41. The zero-order chi connectivity index (χ0) is 8.77. The molecule has 1 fully saturated rings. The monoisotopic (exact) mass is 166 g/mol. The largest absolute Gasteiger partial charge is 0.364 e. The molecule has 0 spiro atoms. The van der Waals surface area contributed by atoms with E-state index in [2.05, 4.69) is 12.2 Å². The van der Waals surface area contributed by atoms with E-state index in [1.807, 2.05) is 13.8 Å². The highest BCUT2D eigenvalue weighted by Gasteiger charge is 2.40. The maximum Gasteiger partial charge on any atom is 0.182 e. The van der Waals surface area contributed by atoms with Crippen LogP contribution in [0.15, 0.2) is 23.3 Å². The molecule has 1 unspecified atom stereocenters. The van der Waals surface area contributed by atoms with Gasteiger partial charge in [-0.25, -0.2) is 0 Å². The second-order valence-electron chi connectivity index (χ2n) is 3.84. The van der Waals surface area contributed by atoms with Crippen molar-refractivity contribution in [2.45, 2.75) is 38.6 Å². The van der Waals surface area contributed by atoms with Crippen LogP contribution < -0.4 is 0 Å². The number of allylic oxidation sites excluding steroid dienone is 2. The van der Waals surface area contributed by atoms with Gasteiger partial charge in [-0.2, -0.15) is 0 Å². The first-order valence-electron chi connectivity index (χ1n) is 4.38. The molecule has 1 atom stereocenters. The Bertz CT molecular complexity index is 261. The summed E-state index contributed by atoms with van der Waals surface area (Å²) < 4.78 is 5.41. The topological polar surface area (TPSA) is 29.5 Å². The van der Waals surface area contributed by atoms with Crippen molar-refractivity contribution in [1.29, 1.82) is 0 Å². The summed E-state index contributed by atoms with van der Waals surface area (Å²) in [6.45, 7) is 3.99. The molecule has 2 aliphatic rings. The van der Waals surface area contributed by atoms with E-state index in [0.717, 1.165) is 18.4 Å². The minimum atomic E-state index is -0.702. The molecule has 66 valence electrons. The molecule has 2 rings (SSSR count). The SMILES string of the molecule is CC1(C)OC(O)C2=CCCC=C21. The summed E-state index contributed by atoms with van der Waals surface area (Å²) in [6.07, 6.45) is 5.64. The van der Waals surface area contributed by atoms with Crippen molar-refractivity contribution < 1.29 is 9.84 Å². The van der Waals surface area contributed by atoms with Crippen LogP contribution in [0.4, 0.5) is 0 Å². The van der Waals surface area contributed by atoms with Crippen molar-refractivity contribution in [3.63, 3.8) is 0 Å². The molecule has 2 heteroatoms. The van der Waals surface area contributed by atoms with Crippen LogP contribution in [0.5, 0.6) is 0 Å². The third kappa shape index (κ3) is 1.03. The van der Waals surface area contributed by atoms with Gasteiger partial charge in [0.05, 0.1) is 5.60 Å². The molecule has 1 N–H and O–H groups in total. The number of aliphatic hydroxyl groups is 1. The molecule has 0 saturated carbocycles. The molecule has 0 aromatic rings. The van der Waals surface area contributed by atoms with Gasteiger partial charge in [-0.05, 0) is 32.3 Å². The van der Waals surface area contributed by atoms with Gasteiger partial charge in [0.1, 0.15) is 0 Å². The summed E-state index contributed by atoms with van der Waals surface area (Å²) in [6, 6.07) is 0. The molecule has 0 aromatic heterocycles. The molecule has 0 radical (unpaired) electrons. The van der Waals surface area contributed by atoms with Crippen LogP contribution in [-0.4, -0.2) is 17.0 Å². The number of ether oxygens (including phenoxy) is 1. The lowest BCUT2D eigenvalue weighted by Gasteiger charge is -2.19. The summed E-state index contributed by atoms with van der Waals surface area (Å²) in [5.74, 6) is 0. The van der Waals surface area contributed by atoms with Crippen molar-refractivity contribution in [1.82, 2.24) is 0 Å². The van der Waals surface area contributed by atoms with E-state index < -0.39 is 6.29 Å². The first kappa shape index (κ1) is 8.02. The highest BCUT2D eigenvalue weighted by Crippen LogP contribution is 2.40. The van der Waals surface area contributed by atoms with Crippen molar-refractivity contribution >= 4 is 0 Å². The second-order valence-corrected chi connectivity index (χ2v) is 3.84. The van der Waals surface area contributed by atoms with Gasteiger partial charge in [0.25, 0.3) is 0 Å². The Morgan fingerprint density at radius 3 is 2.75 bits per heavy atom. The van der Waals surface area contributed by atoms with E-state index in [1.54, 1.807) is 0 Å². The van der Waals surface area contributed by atoms with Crippen LogP contribution in [0.3, 0.4) is 0 Å². The lowest BCUT2D eigenvalue weighted by Crippen LogP contribution is -2.21. The van der Waals surface area contributed by atoms with E-state index >= 15 is 0 Å². The van der Waals surface area contributed by atoms with Crippen LogP contribution in [0, 0.1) is 0 Å². The van der Waals surface area contributed by atoms with Gasteiger partial charge in [-0.15, -0.1) is 0 Å². The number of hydrogen-bond donors (Lipinski definition) is 1. The normalized spacial score (nSPS) is 32.4. The van der Waals surface area contributed by atoms with Gasteiger partial charge < -0.3 is 9.84 Å². The average Bonchev–Trinajstić information content (AvgIpc) is 2.25. The fourth-order valence-corrected chi connectivity index (χ4v) is 1.93. The van der Waals surface area contributed by atoms with E-state index in [1.165, 1.54) is 5.57 Å². The van der Waals surface area contributed by atoms with Crippen LogP contribution >= 0.6 is 0 Å². The van der Waals surface area contributed by atoms with Crippen molar-refractivity contribution in [2.24, 2.45) is 0 Å². The molecule has 0 aromatic carbocycles. The van der Waals surface area contributed by atoms with E-state index in [9.17, 15) is 5.11 Å². The molecule has 1 aliphatic carbocycles. The molecule has 0 amide bonds. The first-order chi connectivity index (χ1) is 5.61. The molecule has 12 heavy (non-hydrogen) atoms. The number of hydrogen-bond acceptors (Lipinski definition) is 2. The second kappa shape index (κ2) is 2.44. The summed E-state index contributed by atoms with van der Waals surface area (Å²) >= 11 is 0.